The van der Waals surface area contributed by atoms with Gasteiger partial charge in [-0.3, -0.25) is 0 Å². The molecular weight excluding hydrogens is 341 g/mol. The topological polar surface area (TPSA) is 90.9 Å². The Bertz CT molecular complexity index is 476. The fourth-order valence-electron chi connectivity index (χ4n) is 1.46. The first-order valence-electron chi connectivity index (χ1n) is 5.24. The van der Waals surface area contributed by atoms with Crippen LogP contribution in [0.3, 0.4) is 0 Å². The Balaban J connectivity index is 2.20. The van der Waals surface area contributed by atoms with E-state index in [1.54, 1.807) is 19.1 Å². The molecule has 0 amide bonds. The van der Waals surface area contributed by atoms with E-state index in [1.807, 2.05) is 30.3 Å². The number of halogens is 1. The summed E-state index contributed by atoms with van der Waals surface area (Å²) in [5, 5.41) is 0. The molecule has 19 heavy (non-hydrogen) atoms. The predicted molar refractivity (Wildman–Crippen MR) is 58.8 cm³/mol. The molecule has 1 heterocycles. The number of hydrogen-bond donors (Lipinski definition) is 0. The van der Waals surface area contributed by atoms with Gasteiger partial charge >= 0.3 is 119 Å². The van der Waals surface area contributed by atoms with E-state index in [0.717, 1.165) is 5.56 Å². The molecule has 0 aliphatic carbocycles. The van der Waals surface area contributed by atoms with Crippen molar-refractivity contribution in [3.63, 3.8) is 0 Å². The molecule has 0 radical (unpaired) electrons. The number of nitrogens with zero attached hydrogens (tertiary/aromatic N) is 1. The maximum atomic E-state index is 10.8. The summed E-state index contributed by atoms with van der Waals surface area (Å²) in [6.07, 6.45) is 0. The molecule has 1 unspecified atom stereocenters. The Morgan fingerprint density at radius 3 is 2.37 bits per heavy atom. The van der Waals surface area contributed by atoms with Gasteiger partial charge in [-0.1, -0.05) is 0 Å². The Kier molecular flexibility index (Phi) is 4.20. The van der Waals surface area contributed by atoms with Gasteiger partial charge in [-0.05, 0) is 0 Å². The number of benzene rings is 1. The van der Waals surface area contributed by atoms with Crippen LogP contribution in [0.5, 0.6) is 0 Å². The molecule has 0 saturated carbocycles. The standard InChI is InChI=1S/C11H12ClNO5Se/c1-13(2)11(18-12(14,15)16)17-10(8-19-11)9-6-4-3-5-7-9/h3-8H,1-2H3. The first-order chi connectivity index (χ1) is 8.82. The van der Waals surface area contributed by atoms with Crippen LogP contribution in [0.4, 0.5) is 0 Å². The van der Waals surface area contributed by atoms with Crippen LogP contribution in [0, 0.1) is 10.2 Å². The first-order valence-corrected chi connectivity index (χ1v) is 8.32. The van der Waals surface area contributed by atoms with Gasteiger partial charge in [0.15, 0.2) is 0 Å². The summed E-state index contributed by atoms with van der Waals surface area (Å²) in [4.78, 5) is 1.63. The molecule has 1 atom stereocenters. The van der Waals surface area contributed by atoms with Gasteiger partial charge in [0.1, 0.15) is 0 Å². The molecule has 0 aromatic heterocycles. The van der Waals surface area contributed by atoms with Crippen LogP contribution in [-0.2, 0) is 9.03 Å². The average Bonchev–Trinajstić information content (AvgIpc) is 2.73. The van der Waals surface area contributed by atoms with Gasteiger partial charge in [-0.15, -0.1) is 0 Å². The van der Waals surface area contributed by atoms with Crippen LogP contribution in [0.15, 0.2) is 35.3 Å². The molecule has 1 aromatic carbocycles. The van der Waals surface area contributed by atoms with Gasteiger partial charge in [0, 0.05) is 0 Å². The van der Waals surface area contributed by atoms with E-state index >= 15 is 0 Å². The van der Waals surface area contributed by atoms with E-state index in [4.69, 9.17) is 4.74 Å². The Morgan fingerprint density at radius 2 is 1.84 bits per heavy atom. The van der Waals surface area contributed by atoms with E-state index in [2.05, 4.69) is 4.29 Å². The third kappa shape index (κ3) is 3.47. The minimum absolute atomic E-state index is 0.480. The molecular formula is C11H12ClNO5Se. The van der Waals surface area contributed by atoms with Gasteiger partial charge in [0.2, 0.25) is 0 Å². The van der Waals surface area contributed by atoms with Crippen LogP contribution < -0.4 is 14.0 Å². The van der Waals surface area contributed by atoms with Crippen molar-refractivity contribution in [2.24, 2.45) is 0 Å². The normalized spacial score (nSPS) is 23.4. The summed E-state index contributed by atoms with van der Waals surface area (Å²) in [6, 6.07) is 9.20. The summed E-state index contributed by atoms with van der Waals surface area (Å²) in [5.74, 6) is 0.508. The predicted octanol–water partition coefficient (Wildman–Crippen LogP) is -2.19. The van der Waals surface area contributed by atoms with Crippen LogP contribution >= 0.6 is 0 Å². The van der Waals surface area contributed by atoms with Crippen molar-refractivity contribution in [1.82, 2.24) is 4.90 Å². The van der Waals surface area contributed by atoms with Gasteiger partial charge in [-0.25, -0.2) is 0 Å². The first kappa shape index (κ1) is 14.8. The molecule has 1 aliphatic heterocycles. The van der Waals surface area contributed by atoms with Crippen molar-refractivity contribution in [2.45, 2.75) is 4.81 Å². The summed E-state index contributed by atoms with van der Waals surface area (Å²) in [6.45, 7) is 0. The summed E-state index contributed by atoms with van der Waals surface area (Å²) < 4.78 is 42.6. The Morgan fingerprint density at radius 1 is 1.21 bits per heavy atom. The van der Waals surface area contributed by atoms with Crippen molar-refractivity contribution >= 4 is 20.7 Å². The number of ether oxygens (including phenoxy) is 1. The van der Waals surface area contributed by atoms with Crippen LogP contribution in [0.2, 0.25) is 0 Å². The SMILES string of the molecule is CN(C)C1(O[Cl+3]([O-])([O-])[O-])OC(c2ccccc2)=C[Se]1. The molecule has 0 bridgehead atoms. The number of hydrogen-bond acceptors (Lipinski definition) is 6. The fraction of sp³-hybridized carbons (Fsp3) is 0.273. The summed E-state index contributed by atoms with van der Waals surface area (Å²) in [7, 11) is -1.39. The van der Waals surface area contributed by atoms with Crippen molar-refractivity contribution in [2.75, 3.05) is 14.1 Å². The second-order valence-electron chi connectivity index (χ2n) is 3.94. The molecule has 0 spiro atoms. The molecule has 2 rings (SSSR count). The molecule has 0 fully saturated rings. The van der Waals surface area contributed by atoms with Crippen molar-refractivity contribution < 1.29 is 33.2 Å². The molecule has 8 heteroatoms. The van der Waals surface area contributed by atoms with E-state index in [1.165, 1.54) is 4.90 Å². The van der Waals surface area contributed by atoms with E-state index in [-0.39, 0.29) is 0 Å². The zero-order valence-corrected chi connectivity index (χ0v) is 12.7. The fourth-order valence-corrected chi connectivity index (χ4v) is 4.28. The van der Waals surface area contributed by atoms with Crippen LogP contribution in [-0.4, -0.2) is 38.8 Å². The Hall–Kier alpha value is -0.631. The molecule has 1 aromatic rings. The maximum absolute atomic E-state index is 10.8. The van der Waals surface area contributed by atoms with Gasteiger partial charge in [0.05, 0.1) is 0 Å². The third-order valence-electron chi connectivity index (χ3n) is 2.35. The summed E-state index contributed by atoms with van der Waals surface area (Å²) in [5.41, 5.74) is 0.802. The Labute approximate surface area is 119 Å². The number of rotatable bonds is 4. The van der Waals surface area contributed by atoms with Gasteiger partial charge < -0.3 is 0 Å². The van der Waals surface area contributed by atoms with Crippen LogP contribution in [0.25, 0.3) is 5.76 Å². The van der Waals surface area contributed by atoms with E-state index < -0.39 is 30.0 Å². The molecule has 1 aliphatic rings. The minimum atomic E-state index is -4.57. The second-order valence-corrected chi connectivity index (χ2v) is 6.92. The van der Waals surface area contributed by atoms with Gasteiger partial charge in [0.25, 0.3) is 0 Å². The molecule has 104 valence electrons. The van der Waals surface area contributed by atoms with Crippen molar-refractivity contribution in [3.05, 3.63) is 40.9 Å². The quantitative estimate of drug-likeness (QED) is 0.451. The van der Waals surface area contributed by atoms with Crippen molar-refractivity contribution in [3.8, 4) is 0 Å². The zero-order chi connectivity index (χ0) is 14.1. The third-order valence-corrected chi connectivity index (χ3v) is 5.39. The zero-order valence-electron chi connectivity index (χ0n) is 10.2. The van der Waals surface area contributed by atoms with Gasteiger partial charge in [-0.2, -0.15) is 0 Å². The monoisotopic (exact) mass is 353 g/mol. The molecule has 0 N–H and O–H groups in total. The average molecular weight is 353 g/mol. The van der Waals surface area contributed by atoms with E-state index in [9.17, 15) is 14.0 Å². The molecule has 6 nitrogen and oxygen atoms in total. The van der Waals surface area contributed by atoms with Crippen molar-refractivity contribution in [1.29, 1.82) is 0 Å². The van der Waals surface area contributed by atoms with Crippen LogP contribution in [0.1, 0.15) is 5.56 Å². The van der Waals surface area contributed by atoms with E-state index in [0.29, 0.717) is 5.76 Å². The second kappa shape index (κ2) is 5.40. The molecule has 0 saturated heterocycles. The summed E-state index contributed by atoms with van der Waals surface area (Å²) >= 11 is -0.480.